The summed E-state index contributed by atoms with van der Waals surface area (Å²) in [4.78, 5) is 52.9. The molecule has 38 heavy (non-hydrogen) atoms. The van der Waals surface area contributed by atoms with Crippen molar-refractivity contribution in [3.63, 3.8) is 0 Å². The Bertz CT molecular complexity index is 1140. The van der Waals surface area contributed by atoms with E-state index in [1.54, 1.807) is 32.9 Å². The van der Waals surface area contributed by atoms with Crippen molar-refractivity contribution in [2.24, 2.45) is 11.8 Å². The maximum absolute atomic E-state index is 13.5. The highest BCUT2D eigenvalue weighted by atomic mass is 32.2. The second-order valence-corrected chi connectivity index (χ2v) is 13.5. The topological polar surface area (TPSA) is 191 Å². The highest BCUT2D eigenvalue weighted by molar-refractivity contribution is 7.91. The molecule has 0 radical (unpaired) electrons. The Kier molecular flexibility index (Phi) is 7.53. The van der Waals surface area contributed by atoms with Crippen LogP contribution in [0.1, 0.15) is 52.9 Å². The minimum atomic E-state index is -3.97. The predicted molar refractivity (Wildman–Crippen MR) is 133 cm³/mol. The number of rotatable bonds is 4. The van der Waals surface area contributed by atoms with E-state index in [4.69, 9.17) is 4.74 Å². The van der Waals surface area contributed by atoms with Gasteiger partial charge in [0.15, 0.2) is 0 Å². The zero-order valence-corrected chi connectivity index (χ0v) is 22.5. The van der Waals surface area contributed by atoms with Gasteiger partial charge in [-0.05, 0) is 45.4 Å². The number of amides is 4. The van der Waals surface area contributed by atoms with Crippen LogP contribution >= 0.6 is 0 Å². The number of sulfonamides is 1. The molecule has 14 heteroatoms. The predicted octanol–water partition coefficient (Wildman–Crippen LogP) is -0.541. The number of ether oxygens (including phenoxy) is 1. The summed E-state index contributed by atoms with van der Waals surface area (Å²) >= 11 is 0. The van der Waals surface area contributed by atoms with Gasteiger partial charge >= 0.3 is 6.09 Å². The third-order valence-corrected chi connectivity index (χ3v) is 10.3. The fourth-order valence-corrected chi connectivity index (χ4v) is 6.61. The fourth-order valence-electron chi connectivity index (χ4n) is 5.30. The van der Waals surface area contributed by atoms with Crippen molar-refractivity contribution < 1.29 is 42.5 Å². The third-order valence-electron chi connectivity index (χ3n) is 8.12. The molecule has 0 bridgehead atoms. The molecule has 4 rings (SSSR count). The smallest absolute Gasteiger partial charge is 0.405 e. The summed E-state index contributed by atoms with van der Waals surface area (Å²) < 4.78 is 32.4. The Morgan fingerprint density at radius 3 is 2.53 bits per heavy atom. The molecular weight excluding hydrogens is 520 g/mol. The molecule has 2 aliphatic carbocycles. The monoisotopic (exact) mass is 556 g/mol. The molecule has 0 aromatic carbocycles. The van der Waals surface area contributed by atoms with E-state index in [0.29, 0.717) is 19.3 Å². The average Bonchev–Trinajstić information content (AvgIpc) is 3.70. The van der Waals surface area contributed by atoms with E-state index in [0.717, 1.165) is 4.90 Å². The number of aliphatic hydroxyl groups is 1. The highest BCUT2D eigenvalue weighted by Crippen LogP contribution is 2.47. The Hall–Kier alpha value is -2.71. The van der Waals surface area contributed by atoms with E-state index in [1.165, 1.54) is 0 Å². The van der Waals surface area contributed by atoms with Gasteiger partial charge in [0.25, 0.3) is 5.91 Å². The zero-order chi connectivity index (χ0) is 28.0. The van der Waals surface area contributed by atoms with E-state index in [2.05, 4.69) is 15.4 Å². The van der Waals surface area contributed by atoms with Gasteiger partial charge in [-0.1, -0.05) is 19.1 Å². The molecule has 2 saturated carbocycles. The standard InChI is InChI=1S/C24H36N4O9S/c1-13-9-14(2)37-8-4-5-15-11-24(15,21(32)27-38(35,36)23(3)6-7-23)26-19(30)17-10-16(29)12-28(17)20(31)18(13)25-22(33)34/h4-5,13-18,25,29H,6-12H2,1-3H3,(H,26,30)(H,27,32)(H,33,34)/b5-4-/t13-,14+,15?,16-,17+,18+,24?/m1/s1. The van der Waals surface area contributed by atoms with E-state index in [-0.39, 0.29) is 32.1 Å². The minimum Gasteiger partial charge on any atom is -0.465 e. The number of carboxylic acid groups (broad SMARTS) is 1. The van der Waals surface area contributed by atoms with Crippen molar-refractivity contribution in [3.05, 3.63) is 12.2 Å². The lowest BCUT2D eigenvalue weighted by atomic mass is 9.94. The lowest BCUT2D eigenvalue weighted by molar-refractivity contribution is -0.142. The molecule has 2 aliphatic heterocycles. The number of nitrogens with one attached hydrogen (secondary N) is 3. The SMILES string of the molecule is C[C@@H]1C[C@H](C)OC/C=C\C2CC2(C(=O)NS(=O)(=O)C2(C)CC2)NC(=O)[C@@H]2C[C@@H](O)CN2C(=O)[C@H]1NC(=O)O. The number of aliphatic hydroxyl groups excluding tert-OH is 1. The Labute approximate surface area is 221 Å². The van der Waals surface area contributed by atoms with Crippen LogP contribution in [0, 0.1) is 11.8 Å². The lowest BCUT2D eigenvalue weighted by Gasteiger charge is -2.32. The van der Waals surface area contributed by atoms with E-state index in [9.17, 15) is 37.8 Å². The van der Waals surface area contributed by atoms with E-state index >= 15 is 0 Å². The number of hydrogen-bond donors (Lipinski definition) is 5. The summed E-state index contributed by atoms with van der Waals surface area (Å²) in [5.41, 5.74) is -1.55. The first-order valence-electron chi connectivity index (χ1n) is 12.8. The Morgan fingerprint density at radius 2 is 1.89 bits per heavy atom. The number of hydrogen-bond acceptors (Lipinski definition) is 8. The molecule has 4 aliphatic rings. The molecule has 4 amide bonds. The largest absolute Gasteiger partial charge is 0.465 e. The van der Waals surface area contributed by atoms with Crippen molar-refractivity contribution >= 4 is 33.8 Å². The van der Waals surface area contributed by atoms with Crippen molar-refractivity contribution in [2.45, 2.75) is 87.5 Å². The maximum Gasteiger partial charge on any atom is 0.405 e. The van der Waals surface area contributed by atoms with Crippen LogP contribution < -0.4 is 15.4 Å². The van der Waals surface area contributed by atoms with E-state index < -0.39 is 74.1 Å². The lowest BCUT2D eigenvalue weighted by Crippen LogP contribution is -2.59. The molecule has 0 spiro atoms. The number of fused-ring (bicyclic) bond motifs is 2. The normalized spacial score (nSPS) is 37.9. The summed E-state index contributed by atoms with van der Waals surface area (Å²) in [5.74, 6) is -3.26. The van der Waals surface area contributed by atoms with Crippen LogP contribution in [0.25, 0.3) is 0 Å². The van der Waals surface area contributed by atoms with Crippen molar-refractivity contribution in [1.29, 1.82) is 0 Å². The zero-order valence-electron chi connectivity index (χ0n) is 21.7. The molecule has 0 aromatic heterocycles. The quantitative estimate of drug-likeness (QED) is 0.283. The molecule has 1 saturated heterocycles. The molecule has 7 atom stereocenters. The van der Waals surface area contributed by atoms with Gasteiger partial charge in [-0.3, -0.25) is 19.1 Å². The van der Waals surface area contributed by atoms with Crippen LogP contribution in [0.4, 0.5) is 4.79 Å². The first-order chi connectivity index (χ1) is 17.7. The number of carbonyl (C=O) groups is 4. The fraction of sp³-hybridized carbons (Fsp3) is 0.750. The maximum atomic E-state index is 13.5. The average molecular weight is 557 g/mol. The summed E-state index contributed by atoms with van der Waals surface area (Å²) in [6.45, 7) is 5.00. The molecule has 0 aromatic rings. The van der Waals surface area contributed by atoms with Crippen molar-refractivity contribution in [2.75, 3.05) is 13.2 Å². The van der Waals surface area contributed by atoms with Gasteiger partial charge in [0.2, 0.25) is 21.8 Å². The molecule has 5 N–H and O–H groups in total. The van der Waals surface area contributed by atoms with Crippen molar-refractivity contribution in [1.82, 2.24) is 20.3 Å². The highest BCUT2D eigenvalue weighted by Gasteiger charge is 2.63. The summed E-state index contributed by atoms with van der Waals surface area (Å²) in [5, 5.41) is 24.6. The summed E-state index contributed by atoms with van der Waals surface area (Å²) in [6.07, 6.45) is 1.82. The first kappa shape index (κ1) is 28.3. The van der Waals surface area contributed by atoms with Gasteiger partial charge in [-0.2, -0.15) is 0 Å². The summed E-state index contributed by atoms with van der Waals surface area (Å²) in [7, 11) is -3.97. The van der Waals surface area contributed by atoms with Crippen LogP contribution in [0.5, 0.6) is 0 Å². The second kappa shape index (κ2) is 10.1. The molecule has 212 valence electrons. The molecule has 2 heterocycles. The Morgan fingerprint density at radius 1 is 1.21 bits per heavy atom. The van der Waals surface area contributed by atoms with Gasteiger partial charge in [-0.25, -0.2) is 13.2 Å². The number of nitrogens with zero attached hydrogens (tertiary/aromatic N) is 1. The van der Waals surface area contributed by atoms with Crippen LogP contribution in [0.3, 0.4) is 0 Å². The van der Waals surface area contributed by atoms with Gasteiger partial charge in [0.1, 0.15) is 17.6 Å². The number of carbonyl (C=O) groups excluding carboxylic acids is 3. The molecule has 3 fully saturated rings. The second-order valence-electron chi connectivity index (χ2n) is 11.3. The van der Waals surface area contributed by atoms with Gasteiger partial charge < -0.3 is 30.5 Å². The molecule has 13 nitrogen and oxygen atoms in total. The van der Waals surface area contributed by atoms with Gasteiger partial charge in [0, 0.05) is 18.9 Å². The van der Waals surface area contributed by atoms with Gasteiger partial charge in [0.05, 0.1) is 23.6 Å². The van der Waals surface area contributed by atoms with Crippen LogP contribution in [-0.4, -0.2) is 95.1 Å². The van der Waals surface area contributed by atoms with Crippen LogP contribution in [-0.2, 0) is 29.1 Å². The third kappa shape index (κ3) is 5.52. The Balaban J connectivity index is 1.64. The molecular formula is C24H36N4O9S. The van der Waals surface area contributed by atoms with Gasteiger partial charge in [-0.15, -0.1) is 0 Å². The van der Waals surface area contributed by atoms with Crippen LogP contribution in [0.2, 0.25) is 0 Å². The van der Waals surface area contributed by atoms with Crippen LogP contribution in [0.15, 0.2) is 12.2 Å². The van der Waals surface area contributed by atoms with E-state index in [1.807, 2.05) is 0 Å². The minimum absolute atomic E-state index is 0.111. The van der Waals surface area contributed by atoms with Crippen molar-refractivity contribution in [3.8, 4) is 0 Å². The summed E-state index contributed by atoms with van der Waals surface area (Å²) in [6, 6.07) is -2.37. The first-order valence-corrected chi connectivity index (χ1v) is 14.3. The molecule has 2 unspecified atom stereocenters.